The molecule has 0 fully saturated rings. The van der Waals surface area contributed by atoms with Crippen LogP contribution >= 0.6 is 0 Å². The fourth-order valence-electron chi connectivity index (χ4n) is 1.93. The van der Waals surface area contributed by atoms with Crippen molar-refractivity contribution in [2.24, 2.45) is 0 Å². The van der Waals surface area contributed by atoms with Crippen molar-refractivity contribution in [3.05, 3.63) is 60.2 Å². The molecule has 0 saturated heterocycles. The second kappa shape index (κ2) is 3.27. The molecule has 0 N–H and O–H groups in total. The van der Waals surface area contributed by atoms with Crippen molar-refractivity contribution in [3.8, 4) is 0 Å². The van der Waals surface area contributed by atoms with E-state index in [1.165, 1.54) is 12.1 Å². The molecule has 76 valence electrons. The summed E-state index contributed by atoms with van der Waals surface area (Å²) in [5.41, 5.74) is 0. The molecule has 0 bridgehead atoms. The average molecular weight is 212 g/mol. The van der Waals surface area contributed by atoms with E-state index in [-0.39, 0.29) is 0 Å². The summed E-state index contributed by atoms with van der Waals surface area (Å²) in [6.45, 7) is 0. The van der Waals surface area contributed by atoms with Crippen LogP contribution in [0.15, 0.2) is 36.4 Å². The number of halogens is 2. The van der Waals surface area contributed by atoms with E-state index < -0.39 is 11.6 Å². The van der Waals surface area contributed by atoms with E-state index in [1.54, 1.807) is 24.3 Å². The third-order valence-electron chi connectivity index (χ3n) is 2.68. The number of benzene rings is 3. The highest BCUT2D eigenvalue weighted by atomic mass is 19.1. The van der Waals surface area contributed by atoms with Gasteiger partial charge in [0.15, 0.2) is 0 Å². The van der Waals surface area contributed by atoms with Crippen LogP contribution in [0.5, 0.6) is 0 Å². The summed E-state index contributed by atoms with van der Waals surface area (Å²) in [5.74, 6) is -0.819. The molecular weight excluding hydrogens is 206 g/mol. The molecule has 16 heavy (non-hydrogen) atoms. The van der Waals surface area contributed by atoms with E-state index in [4.69, 9.17) is 0 Å². The van der Waals surface area contributed by atoms with Crippen molar-refractivity contribution < 1.29 is 8.78 Å². The van der Waals surface area contributed by atoms with Crippen LogP contribution in [0.25, 0.3) is 21.5 Å². The maximum absolute atomic E-state index is 13.5. The van der Waals surface area contributed by atoms with Crippen LogP contribution in [0.2, 0.25) is 0 Å². The highest BCUT2D eigenvalue weighted by Gasteiger charge is 2.06. The van der Waals surface area contributed by atoms with E-state index >= 15 is 0 Å². The molecule has 0 atom stereocenters. The molecule has 0 aromatic heterocycles. The zero-order valence-corrected chi connectivity index (χ0v) is 8.22. The topological polar surface area (TPSA) is 0 Å². The Balaban J connectivity index is 2.60. The lowest BCUT2D eigenvalue weighted by Crippen LogP contribution is -1.84. The number of fused-ring (bicyclic) bond motifs is 3. The van der Waals surface area contributed by atoms with Crippen LogP contribution in [-0.4, -0.2) is 0 Å². The summed E-state index contributed by atoms with van der Waals surface area (Å²) in [6.07, 6.45) is 0. The largest absolute Gasteiger partial charge is 0.206 e. The normalized spacial score (nSPS) is 11.1. The van der Waals surface area contributed by atoms with Crippen molar-refractivity contribution in [1.29, 1.82) is 0 Å². The Kier molecular flexibility index (Phi) is 1.90. The third kappa shape index (κ3) is 1.20. The van der Waals surface area contributed by atoms with Gasteiger partial charge in [-0.1, -0.05) is 36.4 Å². The quantitative estimate of drug-likeness (QED) is 0.496. The highest BCUT2D eigenvalue weighted by molar-refractivity contribution is 6.07. The SMILES string of the molecule is Fc1[c]ccc2c1ccc1c(F)[c]ccc12. The van der Waals surface area contributed by atoms with Crippen molar-refractivity contribution in [1.82, 2.24) is 0 Å². The monoisotopic (exact) mass is 212 g/mol. The van der Waals surface area contributed by atoms with Crippen molar-refractivity contribution in [3.63, 3.8) is 0 Å². The zero-order valence-electron chi connectivity index (χ0n) is 8.22. The van der Waals surface area contributed by atoms with Gasteiger partial charge in [0, 0.05) is 22.9 Å². The van der Waals surface area contributed by atoms with Gasteiger partial charge in [0.25, 0.3) is 0 Å². The van der Waals surface area contributed by atoms with Crippen molar-refractivity contribution in [2.75, 3.05) is 0 Å². The minimum Gasteiger partial charge on any atom is -0.206 e. The maximum atomic E-state index is 13.5. The number of rotatable bonds is 0. The molecular formula is C14H6F2. The van der Waals surface area contributed by atoms with Crippen LogP contribution in [0.4, 0.5) is 8.78 Å². The van der Waals surface area contributed by atoms with Crippen LogP contribution in [0.3, 0.4) is 0 Å². The molecule has 0 aliphatic carbocycles. The molecule has 0 heterocycles. The van der Waals surface area contributed by atoms with Gasteiger partial charge in [-0.2, -0.15) is 0 Å². The van der Waals surface area contributed by atoms with E-state index in [9.17, 15) is 8.78 Å². The summed E-state index contributed by atoms with van der Waals surface area (Å²) in [6, 6.07) is 14.6. The lowest BCUT2D eigenvalue weighted by atomic mass is 10.0. The summed E-state index contributed by atoms with van der Waals surface area (Å²) < 4.78 is 26.9. The smallest absolute Gasteiger partial charge is 0.138 e. The van der Waals surface area contributed by atoms with Gasteiger partial charge in [0.2, 0.25) is 0 Å². The standard InChI is InChI=1S/C14H6F2/c15-13-5-1-3-9-10-4-2-6-14(16)12(10)8-7-11(9)13/h1-4,7-8H. The molecule has 0 aliphatic heterocycles. The highest BCUT2D eigenvalue weighted by Crippen LogP contribution is 2.27. The van der Waals surface area contributed by atoms with Crippen molar-refractivity contribution >= 4 is 21.5 Å². The van der Waals surface area contributed by atoms with E-state index in [0.29, 0.717) is 21.5 Å². The molecule has 3 rings (SSSR count). The van der Waals surface area contributed by atoms with Gasteiger partial charge in [0.05, 0.1) is 0 Å². The molecule has 3 aromatic carbocycles. The van der Waals surface area contributed by atoms with Crippen LogP contribution < -0.4 is 0 Å². The first-order chi connectivity index (χ1) is 7.77. The Hall–Kier alpha value is -1.96. The first-order valence-corrected chi connectivity index (χ1v) is 4.86. The fraction of sp³-hybridized carbons (Fsp3) is 0. The molecule has 0 unspecified atom stereocenters. The number of hydrogen-bond donors (Lipinski definition) is 0. The lowest BCUT2D eigenvalue weighted by Gasteiger charge is -2.04. The van der Waals surface area contributed by atoms with Gasteiger partial charge in [-0.05, 0) is 10.8 Å². The molecule has 2 heteroatoms. The Morgan fingerprint density at radius 2 is 1.06 bits per heavy atom. The maximum Gasteiger partial charge on any atom is 0.138 e. The molecule has 0 aliphatic rings. The lowest BCUT2D eigenvalue weighted by molar-refractivity contribution is 0.636. The van der Waals surface area contributed by atoms with E-state index in [1.807, 2.05) is 0 Å². The summed E-state index contributed by atoms with van der Waals surface area (Å²) in [4.78, 5) is 0. The third-order valence-corrected chi connectivity index (χ3v) is 2.68. The van der Waals surface area contributed by atoms with Gasteiger partial charge in [-0.25, -0.2) is 8.78 Å². The van der Waals surface area contributed by atoms with Gasteiger partial charge >= 0.3 is 0 Å². The second-order valence-electron chi connectivity index (χ2n) is 3.57. The molecule has 3 aromatic rings. The average Bonchev–Trinajstić information content (AvgIpc) is 2.30. The Labute approximate surface area is 91.1 Å². The Morgan fingerprint density at radius 3 is 1.50 bits per heavy atom. The summed E-state index contributed by atoms with van der Waals surface area (Å²) in [5, 5.41) is 2.31. The molecule has 0 spiro atoms. The first-order valence-electron chi connectivity index (χ1n) is 4.86. The van der Waals surface area contributed by atoms with Crippen LogP contribution in [0.1, 0.15) is 0 Å². The predicted molar refractivity (Wildman–Crippen MR) is 59.0 cm³/mol. The van der Waals surface area contributed by atoms with Gasteiger partial charge in [0.1, 0.15) is 11.6 Å². The minimum absolute atomic E-state index is 0.410. The molecule has 0 nitrogen and oxygen atoms in total. The summed E-state index contributed by atoms with van der Waals surface area (Å²) in [7, 11) is 0. The zero-order chi connectivity index (χ0) is 11.1. The van der Waals surface area contributed by atoms with Gasteiger partial charge in [-0.3, -0.25) is 0 Å². The van der Waals surface area contributed by atoms with Crippen LogP contribution in [0, 0.1) is 23.8 Å². The predicted octanol–water partition coefficient (Wildman–Crippen LogP) is 3.87. The fourth-order valence-corrected chi connectivity index (χ4v) is 1.93. The first kappa shape index (κ1) is 9.28. The van der Waals surface area contributed by atoms with Crippen LogP contribution in [-0.2, 0) is 0 Å². The summed E-state index contributed by atoms with van der Waals surface area (Å²) >= 11 is 0. The molecule has 2 radical (unpaired) electrons. The van der Waals surface area contributed by atoms with E-state index in [0.717, 1.165) is 0 Å². The van der Waals surface area contributed by atoms with Gasteiger partial charge < -0.3 is 0 Å². The Morgan fingerprint density at radius 1 is 0.625 bits per heavy atom. The minimum atomic E-state index is -0.410. The molecule has 0 saturated carbocycles. The van der Waals surface area contributed by atoms with Crippen molar-refractivity contribution in [2.45, 2.75) is 0 Å². The van der Waals surface area contributed by atoms with Gasteiger partial charge in [-0.15, -0.1) is 0 Å². The molecule has 0 amide bonds. The Bertz CT molecular complexity index is 626. The van der Waals surface area contributed by atoms with E-state index in [2.05, 4.69) is 12.1 Å². The number of hydrogen-bond acceptors (Lipinski definition) is 0. The second-order valence-corrected chi connectivity index (χ2v) is 3.57.